The molecule has 1 N–H and O–H groups in total. The summed E-state index contributed by atoms with van der Waals surface area (Å²) < 4.78 is 10.5. The molecule has 0 aliphatic heterocycles. The van der Waals surface area contributed by atoms with Crippen molar-refractivity contribution in [3.63, 3.8) is 0 Å². The van der Waals surface area contributed by atoms with Gasteiger partial charge in [0.2, 0.25) is 5.88 Å². The van der Waals surface area contributed by atoms with Crippen molar-refractivity contribution < 1.29 is 9.47 Å². The normalized spacial score (nSPS) is 10.1. The van der Waals surface area contributed by atoms with Gasteiger partial charge in [0, 0.05) is 12.6 Å². The van der Waals surface area contributed by atoms with E-state index in [1.54, 1.807) is 13.2 Å². The van der Waals surface area contributed by atoms with Gasteiger partial charge in [-0.25, -0.2) is 9.97 Å². The predicted octanol–water partition coefficient (Wildman–Crippen LogP) is 2.54. The summed E-state index contributed by atoms with van der Waals surface area (Å²) in [4.78, 5) is 8.19. The number of nitrogens with one attached hydrogen (secondary N) is 1. The molecule has 0 radical (unpaired) electrons. The molecular formula is C15H19N3O2. The zero-order valence-electron chi connectivity index (χ0n) is 11.8. The fourth-order valence-corrected chi connectivity index (χ4v) is 1.83. The lowest BCUT2D eigenvalue weighted by molar-refractivity contribution is 0.326. The van der Waals surface area contributed by atoms with Crippen molar-refractivity contribution in [3.05, 3.63) is 42.2 Å². The van der Waals surface area contributed by atoms with E-state index in [2.05, 4.69) is 21.4 Å². The standard InChI is InChI=1S/C15H19N3O2/c1-3-20-15-10-14(17-11-18-15)16-8-7-12-5-4-6-13(9-12)19-2/h4-6,9-11H,3,7-8H2,1-2H3,(H,16,17,18). The SMILES string of the molecule is CCOc1cc(NCCc2cccc(OC)c2)ncn1. The smallest absolute Gasteiger partial charge is 0.218 e. The number of rotatable bonds is 7. The van der Waals surface area contributed by atoms with Crippen LogP contribution in [0.1, 0.15) is 12.5 Å². The molecule has 106 valence electrons. The summed E-state index contributed by atoms with van der Waals surface area (Å²) in [5.41, 5.74) is 1.22. The lowest BCUT2D eigenvalue weighted by Crippen LogP contribution is -2.07. The van der Waals surface area contributed by atoms with Gasteiger partial charge in [0.15, 0.2) is 0 Å². The van der Waals surface area contributed by atoms with E-state index in [4.69, 9.17) is 9.47 Å². The first-order valence-corrected chi connectivity index (χ1v) is 6.63. The molecule has 1 heterocycles. The summed E-state index contributed by atoms with van der Waals surface area (Å²) >= 11 is 0. The second-order valence-electron chi connectivity index (χ2n) is 4.20. The largest absolute Gasteiger partial charge is 0.497 e. The quantitative estimate of drug-likeness (QED) is 0.840. The molecule has 0 aliphatic carbocycles. The van der Waals surface area contributed by atoms with Gasteiger partial charge in [0.05, 0.1) is 13.7 Å². The lowest BCUT2D eigenvalue weighted by atomic mass is 10.1. The Bertz CT molecular complexity index is 546. The van der Waals surface area contributed by atoms with Crippen molar-refractivity contribution in [1.82, 2.24) is 9.97 Å². The van der Waals surface area contributed by atoms with Crippen molar-refractivity contribution in [2.75, 3.05) is 25.6 Å². The highest BCUT2D eigenvalue weighted by molar-refractivity contribution is 5.37. The molecule has 0 saturated carbocycles. The van der Waals surface area contributed by atoms with E-state index in [1.807, 2.05) is 25.1 Å². The molecule has 1 aromatic heterocycles. The fraction of sp³-hybridized carbons (Fsp3) is 0.333. The zero-order valence-corrected chi connectivity index (χ0v) is 11.8. The molecule has 0 atom stereocenters. The van der Waals surface area contributed by atoms with Gasteiger partial charge in [-0.05, 0) is 31.0 Å². The first kappa shape index (κ1) is 14.1. The van der Waals surface area contributed by atoms with Crippen molar-refractivity contribution in [2.45, 2.75) is 13.3 Å². The minimum absolute atomic E-state index is 0.589. The maximum Gasteiger partial charge on any atom is 0.218 e. The second kappa shape index (κ2) is 7.33. The Balaban J connectivity index is 1.87. The molecule has 20 heavy (non-hydrogen) atoms. The Morgan fingerprint density at radius 3 is 2.90 bits per heavy atom. The lowest BCUT2D eigenvalue weighted by Gasteiger charge is -2.08. The summed E-state index contributed by atoms with van der Waals surface area (Å²) in [6.45, 7) is 3.31. The molecule has 0 amide bonds. The van der Waals surface area contributed by atoms with Crippen LogP contribution in [0.15, 0.2) is 36.7 Å². The maximum atomic E-state index is 5.33. The van der Waals surface area contributed by atoms with E-state index in [0.29, 0.717) is 12.5 Å². The third-order valence-corrected chi connectivity index (χ3v) is 2.79. The average molecular weight is 273 g/mol. The number of hydrogen-bond acceptors (Lipinski definition) is 5. The van der Waals surface area contributed by atoms with Gasteiger partial charge in [0.25, 0.3) is 0 Å². The van der Waals surface area contributed by atoms with Crippen LogP contribution in [0.25, 0.3) is 0 Å². The van der Waals surface area contributed by atoms with Gasteiger partial charge in [-0.3, -0.25) is 0 Å². The Morgan fingerprint density at radius 1 is 1.20 bits per heavy atom. The van der Waals surface area contributed by atoms with Crippen LogP contribution in [-0.2, 0) is 6.42 Å². The molecule has 0 aliphatic rings. The molecule has 2 aromatic rings. The molecule has 5 nitrogen and oxygen atoms in total. The van der Waals surface area contributed by atoms with Crippen molar-refractivity contribution in [2.24, 2.45) is 0 Å². The van der Waals surface area contributed by atoms with Gasteiger partial charge in [-0.2, -0.15) is 0 Å². The first-order valence-electron chi connectivity index (χ1n) is 6.63. The van der Waals surface area contributed by atoms with Gasteiger partial charge in [-0.15, -0.1) is 0 Å². The molecule has 2 rings (SSSR count). The predicted molar refractivity (Wildman–Crippen MR) is 78.4 cm³/mol. The molecule has 0 bridgehead atoms. The monoisotopic (exact) mass is 273 g/mol. The molecule has 1 aromatic carbocycles. The minimum atomic E-state index is 0.589. The third-order valence-electron chi connectivity index (χ3n) is 2.79. The Labute approximate surface area is 119 Å². The topological polar surface area (TPSA) is 56.3 Å². The summed E-state index contributed by atoms with van der Waals surface area (Å²) in [5, 5.41) is 3.26. The molecule has 0 saturated heterocycles. The Hall–Kier alpha value is -2.30. The van der Waals surface area contributed by atoms with E-state index in [1.165, 1.54) is 11.9 Å². The van der Waals surface area contributed by atoms with Crippen LogP contribution < -0.4 is 14.8 Å². The number of ether oxygens (including phenoxy) is 2. The third kappa shape index (κ3) is 4.12. The summed E-state index contributed by atoms with van der Waals surface area (Å²) in [5.74, 6) is 2.24. The number of nitrogens with zero attached hydrogens (tertiary/aromatic N) is 2. The minimum Gasteiger partial charge on any atom is -0.497 e. The van der Waals surface area contributed by atoms with Crippen LogP contribution in [0.2, 0.25) is 0 Å². The van der Waals surface area contributed by atoms with Gasteiger partial charge < -0.3 is 14.8 Å². The summed E-state index contributed by atoms with van der Waals surface area (Å²) in [7, 11) is 1.67. The van der Waals surface area contributed by atoms with Crippen LogP contribution in [0.3, 0.4) is 0 Å². The van der Waals surface area contributed by atoms with Crippen LogP contribution in [0.4, 0.5) is 5.82 Å². The first-order chi connectivity index (χ1) is 9.81. The maximum absolute atomic E-state index is 5.33. The number of benzene rings is 1. The van der Waals surface area contributed by atoms with Crippen LogP contribution in [0.5, 0.6) is 11.6 Å². The molecule has 0 unspecified atom stereocenters. The highest BCUT2D eigenvalue weighted by Gasteiger charge is 2.00. The zero-order chi connectivity index (χ0) is 14.2. The van der Waals surface area contributed by atoms with Crippen molar-refractivity contribution in [3.8, 4) is 11.6 Å². The highest BCUT2D eigenvalue weighted by Crippen LogP contribution is 2.14. The molecule has 0 spiro atoms. The summed E-state index contributed by atoms with van der Waals surface area (Å²) in [6, 6.07) is 9.85. The molecular weight excluding hydrogens is 254 g/mol. The Morgan fingerprint density at radius 2 is 2.10 bits per heavy atom. The van der Waals surface area contributed by atoms with E-state index < -0.39 is 0 Å². The average Bonchev–Trinajstić information content (AvgIpc) is 2.48. The van der Waals surface area contributed by atoms with Crippen molar-refractivity contribution >= 4 is 5.82 Å². The highest BCUT2D eigenvalue weighted by atomic mass is 16.5. The van der Waals surface area contributed by atoms with Crippen molar-refractivity contribution in [1.29, 1.82) is 0 Å². The number of hydrogen-bond donors (Lipinski definition) is 1. The van der Waals surface area contributed by atoms with E-state index in [-0.39, 0.29) is 0 Å². The van der Waals surface area contributed by atoms with E-state index >= 15 is 0 Å². The summed E-state index contributed by atoms with van der Waals surface area (Å²) in [6.07, 6.45) is 2.39. The van der Waals surface area contributed by atoms with Crippen LogP contribution in [0, 0.1) is 0 Å². The van der Waals surface area contributed by atoms with Gasteiger partial charge in [-0.1, -0.05) is 12.1 Å². The second-order valence-corrected chi connectivity index (χ2v) is 4.20. The molecule has 5 heteroatoms. The number of methoxy groups -OCH3 is 1. The van der Waals surface area contributed by atoms with E-state index in [9.17, 15) is 0 Å². The van der Waals surface area contributed by atoms with E-state index in [0.717, 1.165) is 24.5 Å². The Kier molecular flexibility index (Phi) is 5.17. The van der Waals surface area contributed by atoms with Gasteiger partial charge >= 0.3 is 0 Å². The fourth-order valence-electron chi connectivity index (χ4n) is 1.83. The molecule has 0 fully saturated rings. The number of anilines is 1. The number of aromatic nitrogens is 2. The van der Waals surface area contributed by atoms with Gasteiger partial charge in [0.1, 0.15) is 17.9 Å². The van der Waals surface area contributed by atoms with Crippen LogP contribution in [-0.4, -0.2) is 30.2 Å². The van der Waals surface area contributed by atoms with Crippen LogP contribution >= 0.6 is 0 Å².